The number of rotatable bonds is 7. The number of nitro benzene ring substituents is 1. The minimum Gasteiger partial charge on any atom is -0.494 e. The maximum absolute atomic E-state index is 12.2. The fourth-order valence-electron chi connectivity index (χ4n) is 2.13. The van der Waals surface area contributed by atoms with E-state index in [-0.39, 0.29) is 22.4 Å². The van der Waals surface area contributed by atoms with Crippen LogP contribution in [0.25, 0.3) is 0 Å². The Morgan fingerprint density at radius 2 is 2.04 bits per heavy atom. The highest BCUT2D eigenvalue weighted by Crippen LogP contribution is 2.30. The zero-order valence-electron chi connectivity index (χ0n) is 13.8. The topological polar surface area (TPSA) is 142 Å². The average Bonchev–Trinajstić information content (AvgIpc) is 2.85. The van der Waals surface area contributed by atoms with Crippen molar-refractivity contribution < 1.29 is 19.4 Å². The van der Waals surface area contributed by atoms with Gasteiger partial charge in [0.15, 0.2) is 0 Å². The first-order valence-electron chi connectivity index (χ1n) is 7.33. The fourth-order valence-corrected chi connectivity index (χ4v) is 2.56. The van der Waals surface area contributed by atoms with Gasteiger partial charge in [-0.3, -0.25) is 14.9 Å². The summed E-state index contributed by atoms with van der Waals surface area (Å²) in [6.45, 7) is 3.29. The molecular formula is C14H14BrN5O6. The summed E-state index contributed by atoms with van der Waals surface area (Å²) in [5.41, 5.74) is 0.0449. The van der Waals surface area contributed by atoms with E-state index in [1.165, 1.54) is 18.2 Å². The first-order chi connectivity index (χ1) is 12.2. The molecule has 26 heavy (non-hydrogen) atoms. The predicted octanol–water partition coefficient (Wildman–Crippen LogP) is 2.81. The van der Waals surface area contributed by atoms with Crippen LogP contribution in [0.5, 0.6) is 5.75 Å². The molecule has 12 heteroatoms. The van der Waals surface area contributed by atoms with Crippen molar-refractivity contribution >= 4 is 39.0 Å². The van der Waals surface area contributed by atoms with Crippen molar-refractivity contribution in [3.63, 3.8) is 0 Å². The van der Waals surface area contributed by atoms with Crippen LogP contribution in [0.2, 0.25) is 0 Å². The summed E-state index contributed by atoms with van der Waals surface area (Å²) in [7, 11) is 0. The van der Waals surface area contributed by atoms with Gasteiger partial charge in [-0.1, -0.05) is 0 Å². The average molecular weight is 428 g/mol. The maximum atomic E-state index is 12.2. The molecule has 0 radical (unpaired) electrons. The molecule has 0 atom stereocenters. The number of amides is 1. The standard InChI is InChI=1S/C14H14BrN5O6/c1-3-26-9-4-5-10(11(6-9)19(22)23)16-12(21)7-18-8(2)13(15)14(17-18)20(24)25/h4-6H,3,7H2,1-2H3,(H,16,21). The second-order valence-corrected chi connectivity index (χ2v) is 5.85. The van der Waals surface area contributed by atoms with Gasteiger partial charge in [-0.05, 0) is 46.8 Å². The fraction of sp³-hybridized carbons (Fsp3) is 0.286. The van der Waals surface area contributed by atoms with Gasteiger partial charge in [-0.15, -0.1) is 0 Å². The van der Waals surface area contributed by atoms with Gasteiger partial charge in [0.2, 0.25) is 5.91 Å². The van der Waals surface area contributed by atoms with Crippen molar-refractivity contribution in [1.82, 2.24) is 9.78 Å². The Balaban J connectivity index is 2.22. The Labute approximate surface area is 155 Å². The molecule has 1 heterocycles. The predicted molar refractivity (Wildman–Crippen MR) is 94.2 cm³/mol. The lowest BCUT2D eigenvalue weighted by molar-refractivity contribution is -0.390. The van der Waals surface area contributed by atoms with Crippen LogP contribution >= 0.6 is 15.9 Å². The van der Waals surface area contributed by atoms with Crippen LogP contribution < -0.4 is 10.1 Å². The number of benzene rings is 1. The number of halogens is 1. The van der Waals surface area contributed by atoms with Crippen LogP contribution in [0.3, 0.4) is 0 Å². The second kappa shape index (κ2) is 7.91. The molecule has 0 spiro atoms. The summed E-state index contributed by atoms with van der Waals surface area (Å²) >= 11 is 3.05. The van der Waals surface area contributed by atoms with E-state index in [4.69, 9.17) is 4.74 Å². The van der Waals surface area contributed by atoms with Crippen LogP contribution in [0.1, 0.15) is 12.6 Å². The van der Waals surface area contributed by atoms with Gasteiger partial charge in [0.25, 0.3) is 5.69 Å². The van der Waals surface area contributed by atoms with E-state index in [0.717, 1.165) is 4.68 Å². The molecule has 0 aliphatic carbocycles. The number of hydrogen-bond donors (Lipinski definition) is 1. The molecule has 0 bridgehead atoms. The van der Waals surface area contributed by atoms with E-state index in [9.17, 15) is 25.0 Å². The first-order valence-corrected chi connectivity index (χ1v) is 8.12. The van der Waals surface area contributed by atoms with Gasteiger partial charge >= 0.3 is 5.82 Å². The summed E-state index contributed by atoms with van der Waals surface area (Å²) < 4.78 is 6.51. The summed E-state index contributed by atoms with van der Waals surface area (Å²) in [4.78, 5) is 33.0. The lowest BCUT2D eigenvalue weighted by Crippen LogP contribution is -2.21. The monoisotopic (exact) mass is 427 g/mol. The number of carbonyl (C=O) groups excluding carboxylic acids is 1. The first kappa shape index (κ1) is 19.3. The van der Waals surface area contributed by atoms with Crippen LogP contribution in [0, 0.1) is 27.2 Å². The van der Waals surface area contributed by atoms with E-state index < -0.39 is 21.6 Å². The molecule has 0 fully saturated rings. The van der Waals surface area contributed by atoms with E-state index >= 15 is 0 Å². The van der Waals surface area contributed by atoms with Gasteiger partial charge in [-0.25, -0.2) is 0 Å². The van der Waals surface area contributed by atoms with Gasteiger partial charge in [0.05, 0.1) is 28.4 Å². The summed E-state index contributed by atoms with van der Waals surface area (Å²) in [5.74, 6) is -0.729. The van der Waals surface area contributed by atoms with Crippen molar-refractivity contribution in [3.05, 3.63) is 48.6 Å². The van der Waals surface area contributed by atoms with Crippen molar-refractivity contribution in [2.45, 2.75) is 20.4 Å². The molecule has 0 aliphatic rings. The third-order valence-electron chi connectivity index (χ3n) is 3.33. The Kier molecular flexibility index (Phi) is 5.87. The van der Waals surface area contributed by atoms with E-state index in [1.807, 2.05) is 0 Å². The highest BCUT2D eigenvalue weighted by atomic mass is 79.9. The molecule has 1 amide bonds. The quantitative estimate of drug-likeness (QED) is 0.528. The molecule has 1 N–H and O–H groups in total. The molecule has 11 nitrogen and oxygen atoms in total. The third kappa shape index (κ3) is 4.14. The molecule has 138 valence electrons. The summed E-state index contributed by atoms with van der Waals surface area (Å²) in [6, 6.07) is 4.06. The highest BCUT2D eigenvalue weighted by molar-refractivity contribution is 9.10. The Hall–Kier alpha value is -3.02. The zero-order valence-corrected chi connectivity index (χ0v) is 15.3. The third-order valence-corrected chi connectivity index (χ3v) is 4.26. The smallest absolute Gasteiger partial charge is 0.404 e. The highest BCUT2D eigenvalue weighted by Gasteiger charge is 2.25. The summed E-state index contributed by atoms with van der Waals surface area (Å²) in [5, 5.41) is 28.2. The van der Waals surface area contributed by atoms with Gasteiger partial charge < -0.3 is 20.2 Å². The molecule has 2 aromatic rings. The largest absolute Gasteiger partial charge is 0.494 e. The minimum atomic E-state index is -0.678. The zero-order chi connectivity index (χ0) is 19.4. The second-order valence-electron chi connectivity index (χ2n) is 5.06. The van der Waals surface area contributed by atoms with Crippen molar-refractivity contribution in [2.24, 2.45) is 0 Å². The number of carbonyl (C=O) groups is 1. The number of anilines is 1. The molecular weight excluding hydrogens is 414 g/mol. The van der Waals surface area contributed by atoms with E-state index in [1.54, 1.807) is 13.8 Å². The Morgan fingerprint density at radius 3 is 2.58 bits per heavy atom. The molecule has 1 aromatic heterocycles. The number of aromatic nitrogens is 2. The van der Waals surface area contributed by atoms with Crippen LogP contribution in [0.4, 0.5) is 17.2 Å². The number of nitro groups is 2. The molecule has 2 rings (SSSR count). The molecule has 0 saturated carbocycles. The SMILES string of the molecule is CCOc1ccc(NC(=O)Cn2nc([N+](=O)[O-])c(Br)c2C)c([N+](=O)[O-])c1. The minimum absolute atomic E-state index is 0.0122. The number of ether oxygens (including phenoxy) is 1. The normalized spacial score (nSPS) is 10.4. The van der Waals surface area contributed by atoms with Crippen molar-refractivity contribution in [3.8, 4) is 5.75 Å². The van der Waals surface area contributed by atoms with Crippen LogP contribution in [-0.2, 0) is 11.3 Å². The van der Waals surface area contributed by atoms with Gasteiger partial charge in [0, 0.05) is 0 Å². The maximum Gasteiger partial charge on any atom is 0.404 e. The summed E-state index contributed by atoms with van der Waals surface area (Å²) in [6.07, 6.45) is 0. The number of hydrogen-bond acceptors (Lipinski definition) is 7. The Bertz CT molecular complexity index is 881. The van der Waals surface area contributed by atoms with Gasteiger partial charge in [-0.2, -0.15) is 4.68 Å². The van der Waals surface area contributed by atoms with E-state index in [2.05, 4.69) is 26.3 Å². The molecule has 1 aromatic carbocycles. The van der Waals surface area contributed by atoms with Gasteiger partial charge in [0.1, 0.15) is 22.5 Å². The van der Waals surface area contributed by atoms with E-state index in [0.29, 0.717) is 18.1 Å². The number of nitrogens with zero attached hydrogens (tertiary/aromatic N) is 4. The van der Waals surface area contributed by atoms with Crippen molar-refractivity contribution in [1.29, 1.82) is 0 Å². The lowest BCUT2D eigenvalue weighted by Gasteiger charge is -2.08. The number of nitrogens with one attached hydrogen (secondary N) is 1. The molecule has 0 aliphatic heterocycles. The Morgan fingerprint density at radius 1 is 1.35 bits per heavy atom. The van der Waals surface area contributed by atoms with Crippen LogP contribution in [-0.4, -0.2) is 32.1 Å². The molecule has 0 saturated heterocycles. The molecule has 0 unspecified atom stereocenters. The van der Waals surface area contributed by atoms with Crippen molar-refractivity contribution in [2.75, 3.05) is 11.9 Å². The lowest BCUT2D eigenvalue weighted by atomic mass is 10.2. The van der Waals surface area contributed by atoms with Crippen LogP contribution in [0.15, 0.2) is 22.7 Å².